The number of ketones is 1. The van der Waals surface area contributed by atoms with Gasteiger partial charge in [0.05, 0.1) is 18.0 Å². The van der Waals surface area contributed by atoms with E-state index < -0.39 is 29.0 Å². The zero-order chi connectivity index (χ0) is 16.7. The van der Waals surface area contributed by atoms with Crippen LogP contribution in [0.4, 0.5) is 0 Å². The summed E-state index contributed by atoms with van der Waals surface area (Å²) in [5, 5.41) is 1.91. The second kappa shape index (κ2) is 9.29. The van der Waals surface area contributed by atoms with Gasteiger partial charge in [0.2, 0.25) is 11.8 Å². The lowest BCUT2D eigenvalue weighted by atomic mass is 10.0. The van der Waals surface area contributed by atoms with E-state index in [1.807, 2.05) is 0 Å². The molecule has 3 unspecified atom stereocenters. The third-order valence-corrected chi connectivity index (χ3v) is 3.50. The number of Topliss-reactive ketones (excluding diaryl/α,β-unsaturated/α-hetero) is 1. The monoisotopic (exact) mass is 336 g/mol. The zero-order valence-corrected chi connectivity index (χ0v) is 14.5. The number of carbonyl (C=O) groups excluding carboxylic acids is 3. The summed E-state index contributed by atoms with van der Waals surface area (Å²) in [5.74, 6) is -1.82. The summed E-state index contributed by atoms with van der Waals surface area (Å²) in [6, 6.07) is -0.599. The first-order valence-corrected chi connectivity index (χ1v) is 7.51. The van der Waals surface area contributed by atoms with E-state index in [9.17, 15) is 14.4 Å². The molecule has 9 heteroatoms. The standard InChI is InChI=1S/C12H24N4O3S2/c1-15(2)11(18)7(6-20)14-5-8(17)9(10(13)21)12(19)16(3)4/h7,9-10,14,20-21H,5-6,13H2,1-4H3. The molecule has 3 N–H and O–H groups in total. The maximum absolute atomic E-state index is 12.2. The fraction of sp³-hybridized carbons (Fsp3) is 0.750. The van der Waals surface area contributed by atoms with Crippen LogP contribution >= 0.6 is 25.3 Å². The van der Waals surface area contributed by atoms with Gasteiger partial charge in [-0.1, -0.05) is 0 Å². The van der Waals surface area contributed by atoms with Crippen molar-refractivity contribution in [2.45, 2.75) is 11.4 Å². The van der Waals surface area contributed by atoms with Gasteiger partial charge < -0.3 is 15.5 Å². The van der Waals surface area contributed by atoms with Gasteiger partial charge in [-0.15, -0.1) is 0 Å². The number of likely N-dealkylation sites (N-methyl/N-ethyl adjacent to an activating group) is 1. The van der Waals surface area contributed by atoms with E-state index >= 15 is 0 Å². The molecule has 122 valence electrons. The Morgan fingerprint density at radius 1 is 1.10 bits per heavy atom. The summed E-state index contributed by atoms with van der Waals surface area (Å²) in [6.07, 6.45) is 0. The maximum Gasteiger partial charge on any atom is 0.240 e. The summed E-state index contributed by atoms with van der Waals surface area (Å²) in [6.45, 7) is -0.149. The molecule has 0 spiro atoms. The average Bonchev–Trinajstić information content (AvgIpc) is 2.38. The maximum atomic E-state index is 12.2. The lowest BCUT2D eigenvalue weighted by Crippen LogP contribution is -2.50. The van der Waals surface area contributed by atoms with Crippen LogP contribution in [-0.4, -0.2) is 79.3 Å². The summed E-state index contributed by atoms with van der Waals surface area (Å²) in [7, 11) is 6.31. The fourth-order valence-corrected chi connectivity index (χ4v) is 2.21. The molecule has 3 atom stereocenters. The number of hydrogen-bond acceptors (Lipinski definition) is 7. The molecule has 0 heterocycles. The van der Waals surface area contributed by atoms with E-state index in [0.717, 1.165) is 0 Å². The Hall–Kier alpha value is -0.770. The molecule has 0 aliphatic heterocycles. The topological polar surface area (TPSA) is 95.7 Å². The molecule has 0 fully saturated rings. The number of thiol groups is 2. The Morgan fingerprint density at radius 3 is 1.90 bits per heavy atom. The van der Waals surface area contributed by atoms with Crippen LogP contribution in [0.3, 0.4) is 0 Å². The highest BCUT2D eigenvalue weighted by atomic mass is 32.1. The van der Waals surface area contributed by atoms with Crippen molar-refractivity contribution in [3.63, 3.8) is 0 Å². The van der Waals surface area contributed by atoms with Gasteiger partial charge in [0.25, 0.3) is 0 Å². The number of nitrogens with two attached hydrogens (primary N) is 1. The third kappa shape index (κ3) is 6.25. The number of rotatable bonds is 8. The van der Waals surface area contributed by atoms with E-state index in [2.05, 4.69) is 30.6 Å². The van der Waals surface area contributed by atoms with Crippen LogP contribution in [-0.2, 0) is 14.4 Å². The van der Waals surface area contributed by atoms with E-state index in [1.165, 1.54) is 23.9 Å². The molecule has 0 aliphatic carbocycles. The molecule has 0 aromatic carbocycles. The number of amides is 2. The molecule has 0 aromatic rings. The van der Waals surface area contributed by atoms with Crippen molar-refractivity contribution in [2.24, 2.45) is 11.7 Å². The molecule has 21 heavy (non-hydrogen) atoms. The molecule has 2 amide bonds. The van der Waals surface area contributed by atoms with Gasteiger partial charge in [0, 0.05) is 33.9 Å². The van der Waals surface area contributed by atoms with Gasteiger partial charge in [-0.05, 0) is 0 Å². The predicted octanol–water partition coefficient (Wildman–Crippen LogP) is -1.55. The summed E-state index contributed by atoms with van der Waals surface area (Å²) in [4.78, 5) is 38.6. The van der Waals surface area contributed by atoms with Crippen molar-refractivity contribution in [1.29, 1.82) is 0 Å². The van der Waals surface area contributed by atoms with E-state index in [4.69, 9.17) is 5.73 Å². The van der Waals surface area contributed by atoms with Crippen LogP contribution in [0.15, 0.2) is 0 Å². The first kappa shape index (κ1) is 20.2. The Labute approximate surface area is 136 Å². The van der Waals surface area contributed by atoms with Crippen molar-refractivity contribution in [3.05, 3.63) is 0 Å². The minimum atomic E-state index is -1.05. The van der Waals surface area contributed by atoms with Crippen LogP contribution in [0.2, 0.25) is 0 Å². The first-order valence-electron chi connectivity index (χ1n) is 6.36. The Kier molecular flexibility index (Phi) is 8.95. The lowest BCUT2D eigenvalue weighted by molar-refractivity contribution is -0.139. The predicted molar refractivity (Wildman–Crippen MR) is 88.5 cm³/mol. The minimum Gasteiger partial charge on any atom is -0.348 e. The SMILES string of the molecule is CN(C)C(=O)C(CS)NCC(=O)C(C(=O)N(C)C)C(N)S. The first-order chi connectivity index (χ1) is 9.63. The van der Waals surface area contributed by atoms with Gasteiger partial charge in [-0.3, -0.25) is 19.7 Å². The van der Waals surface area contributed by atoms with Crippen molar-refractivity contribution < 1.29 is 14.4 Å². The molecular formula is C12H24N4O3S2. The van der Waals surface area contributed by atoms with Crippen LogP contribution in [0.1, 0.15) is 0 Å². The average molecular weight is 336 g/mol. The van der Waals surface area contributed by atoms with E-state index in [-0.39, 0.29) is 18.2 Å². The normalized spacial score (nSPS) is 15.0. The van der Waals surface area contributed by atoms with Crippen molar-refractivity contribution >= 4 is 42.9 Å². The minimum absolute atomic E-state index is 0.149. The van der Waals surface area contributed by atoms with Crippen LogP contribution in [0.25, 0.3) is 0 Å². The van der Waals surface area contributed by atoms with Gasteiger partial charge in [0.15, 0.2) is 5.78 Å². The van der Waals surface area contributed by atoms with Crippen molar-refractivity contribution in [1.82, 2.24) is 15.1 Å². The van der Waals surface area contributed by atoms with Crippen molar-refractivity contribution in [3.8, 4) is 0 Å². The molecule has 0 aromatic heterocycles. The quantitative estimate of drug-likeness (QED) is 0.245. The zero-order valence-electron chi connectivity index (χ0n) is 12.7. The Balaban J connectivity index is 4.78. The highest BCUT2D eigenvalue weighted by molar-refractivity contribution is 7.81. The van der Waals surface area contributed by atoms with Gasteiger partial charge in [-0.2, -0.15) is 25.3 Å². The summed E-state index contributed by atoms with van der Waals surface area (Å²) in [5.41, 5.74) is 5.60. The highest BCUT2D eigenvalue weighted by Crippen LogP contribution is 2.10. The molecule has 0 saturated heterocycles. The van der Waals surface area contributed by atoms with E-state index in [0.29, 0.717) is 0 Å². The molecular weight excluding hydrogens is 312 g/mol. The number of nitrogens with one attached hydrogen (secondary N) is 1. The number of carbonyl (C=O) groups is 3. The molecule has 0 radical (unpaired) electrons. The molecule has 0 aliphatic rings. The summed E-state index contributed by atoms with van der Waals surface area (Å²) >= 11 is 8.08. The second-order valence-electron chi connectivity index (χ2n) is 5.02. The van der Waals surface area contributed by atoms with Crippen LogP contribution in [0, 0.1) is 5.92 Å². The summed E-state index contributed by atoms with van der Waals surface area (Å²) < 4.78 is 0. The van der Waals surface area contributed by atoms with Crippen molar-refractivity contribution in [2.75, 3.05) is 40.5 Å². The molecule has 0 bridgehead atoms. The Bertz CT molecular complexity index is 389. The molecule has 7 nitrogen and oxygen atoms in total. The lowest BCUT2D eigenvalue weighted by Gasteiger charge is -2.24. The Morgan fingerprint density at radius 2 is 1.57 bits per heavy atom. The highest BCUT2D eigenvalue weighted by Gasteiger charge is 2.32. The van der Waals surface area contributed by atoms with Gasteiger partial charge in [-0.25, -0.2) is 0 Å². The van der Waals surface area contributed by atoms with Gasteiger partial charge in [0.1, 0.15) is 5.92 Å². The number of hydrogen-bond donors (Lipinski definition) is 4. The van der Waals surface area contributed by atoms with Gasteiger partial charge >= 0.3 is 0 Å². The van der Waals surface area contributed by atoms with Crippen LogP contribution in [0.5, 0.6) is 0 Å². The van der Waals surface area contributed by atoms with E-state index in [1.54, 1.807) is 14.1 Å². The largest absolute Gasteiger partial charge is 0.348 e. The number of nitrogens with zero attached hydrogens (tertiary/aromatic N) is 2. The smallest absolute Gasteiger partial charge is 0.240 e. The third-order valence-electron chi connectivity index (χ3n) is 2.84. The second-order valence-corrected chi connectivity index (χ2v) is 5.98. The molecule has 0 saturated carbocycles. The molecule has 0 rings (SSSR count). The fourth-order valence-electron chi connectivity index (χ4n) is 1.63. The van der Waals surface area contributed by atoms with Crippen LogP contribution < -0.4 is 11.1 Å².